The maximum atomic E-state index is 14.8. The van der Waals surface area contributed by atoms with Gasteiger partial charge in [-0.05, 0) is 75.3 Å². The third-order valence-corrected chi connectivity index (χ3v) is 7.87. The third kappa shape index (κ3) is 5.29. The zero-order chi connectivity index (χ0) is 25.9. The van der Waals surface area contributed by atoms with Crippen molar-refractivity contribution in [2.24, 2.45) is 0 Å². The first-order valence-corrected chi connectivity index (χ1v) is 13.2. The summed E-state index contributed by atoms with van der Waals surface area (Å²) in [5.74, 6) is 0.204. The molecule has 9 heteroatoms. The molecule has 0 aliphatic carbocycles. The molecule has 2 aliphatic rings. The minimum Gasteiger partial charge on any atom is -0.373 e. The summed E-state index contributed by atoms with van der Waals surface area (Å²) < 4.78 is 23.9. The van der Waals surface area contributed by atoms with E-state index in [0.717, 1.165) is 43.4 Å². The van der Waals surface area contributed by atoms with E-state index < -0.39 is 5.69 Å². The van der Waals surface area contributed by atoms with Gasteiger partial charge in [-0.3, -0.25) is 14.5 Å². The highest BCUT2D eigenvalue weighted by molar-refractivity contribution is 5.66. The fraction of sp³-hybridized carbons (Fsp3) is 0.500. The molecular weight excluding hydrogens is 473 g/mol. The van der Waals surface area contributed by atoms with Crippen LogP contribution in [0.4, 0.5) is 4.39 Å². The van der Waals surface area contributed by atoms with E-state index in [4.69, 9.17) is 4.74 Å². The zero-order valence-electron chi connectivity index (χ0n) is 21.5. The molecule has 2 atom stereocenters. The van der Waals surface area contributed by atoms with Crippen LogP contribution in [0.15, 0.2) is 52.3 Å². The molecule has 2 fully saturated rings. The summed E-state index contributed by atoms with van der Waals surface area (Å²) in [6.07, 6.45) is 8.26. The van der Waals surface area contributed by atoms with E-state index >= 15 is 0 Å². The van der Waals surface area contributed by atoms with E-state index in [1.165, 1.54) is 15.2 Å². The number of aryl methyl sites for hydroxylation is 1. The van der Waals surface area contributed by atoms with Gasteiger partial charge >= 0.3 is 11.4 Å². The summed E-state index contributed by atoms with van der Waals surface area (Å²) >= 11 is 0. The molecule has 196 valence electrons. The molecule has 0 amide bonds. The number of fused-ring (bicyclic) bond motifs is 2. The number of benzene rings is 1. The van der Waals surface area contributed by atoms with Crippen LogP contribution in [0.3, 0.4) is 0 Å². The lowest BCUT2D eigenvalue weighted by Gasteiger charge is -2.39. The fourth-order valence-corrected chi connectivity index (χ4v) is 6.03. The van der Waals surface area contributed by atoms with Crippen LogP contribution in [-0.2, 0) is 24.4 Å². The van der Waals surface area contributed by atoms with Crippen molar-refractivity contribution in [2.75, 3.05) is 6.54 Å². The number of hydrogen-bond donors (Lipinski definition) is 0. The summed E-state index contributed by atoms with van der Waals surface area (Å²) in [6.45, 7) is 5.49. The van der Waals surface area contributed by atoms with E-state index in [0.29, 0.717) is 43.0 Å². The summed E-state index contributed by atoms with van der Waals surface area (Å²) in [7, 11) is 0. The molecule has 2 unspecified atom stereocenters. The van der Waals surface area contributed by atoms with Crippen LogP contribution in [0.5, 0.6) is 0 Å². The smallest absolute Gasteiger partial charge is 0.353 e. The van der Waals surface area contributed by atoms with Gasteiger partial charge in [0.05, 0.1) is 12.7 Å². The zero-order valence-corrected chi connectivity index (χ0v) is 21.5. The predicted octanol–water partition coefficient (Wildman–Crippen LogP) is 3.54. The molecule has 2 aromatic heterocycles. The molecular formula is C28H34FN5O3. The monoisotopic (exact) mass is 507 g/mol. The molecule has 3 aromatic rings. The largest absolute Gasteiger partial charge is 0.373 e. The maximum absolute atomic E-state index is 14.8. The first kappa shape index (κ1) is 25.5. The van der Waals surface area contributed by atoms with Gasteiger partial charge in [-0.2, -0.15) is 4.98 Å². The van der Waals surface area contributed by atoms with Crippen molar-refractivity contribution in [3.8, 4) is 11.1 Å². The Kier molecular flexibility index (Phi) is 7.62. The minimum absolute atomic E-state index is 0.0827. The Balaban J connectivity index is 1.19. The predicted molar refractivity (Wildman–Crippen MR) is 139 cm³/mol. The summed E-state index contributed by atoms with van der Waals surface area (Å²) in [6, 6.07) is 9.72. The van der Waals surface area contributed by atoms with E-state index in [1.807, 2.05) is 25.1 Å². The molecule has 0 saturated carbocycles. The molecule has 8 nitrogen and oxygen atoms in total. The molecule has 5 rings (SSSR count). The van der Waals surface area contributed by atoms with Gasteiger partial charge in [0.15, 0.2) is 0 Å². The molecule has 0 radical (unpaired) electrons. The van der Waals surface area contributed by atoms with Crippen molar-refractivity contribution < 1.29 is 9.13 Å². The van der Waals surface area contributed by atoms with Gasteiger partial charge in [-0.15, -0.1) is 0 Å². The van der Waals surface area contributed by atoms with Gasteiger partial charge in [0.2, 0.25) is 0 Å². The van der Waals surface area contributed by atoms with Crippen molar-refractivity contribution in [2.45, 2.75) is 83.8 Å². The highest BCUT2D eigenvalue weighted by atomic mass is 19.1. The van der Waals surface area contributed by atoms with E-state index in [-0.39, 0.29) is 24.2 Å². The van der Waals surface area contributed by atoms with E-state index in [1.54, 1.807) is 25.4 Å². The number of nitrogens with zero attached hydrogens (tertiary/aromatic N) is 5. The number of aromatic nitrogens is 4. The Hall–Kier alpha value is -3.17. The lowest BCUT2D eigenvalue weighted by atomic mass is 9.98. The summed E-state index contributed by atoms with van der Waals surface area (Å²) in [5, 5.41) is 0. The number of pyridine rings is 1. The van der Waals surface area contributed by atoms with Crippen LogP contribution in [0, 0.1) is 12.7 Å². The van der Waals surface area contributed by atoms with E-state index in [9.17, 15) is 14.0 Å². The minimum atomic E-state index is -0.471. The second-order valence-corrected chi connectivity index (χ2v) is 10.0. The standard InChI is InChI=1S/C28H34FN5O3/c1-3-32-19(2)31-27(35)34(28(32)36)15-5-14-33-21-8-9-22(33)17-23(16-21)37-18-25-24(6-4-7-26(25)29)20-10-12-30-13-11-20/h4,6-7,10-13,21-23H,3,5,8-9,14-18H2,1-2H3. The Morgan fingerprint density at radius 3 is 2.46 bits per heavy atom. The molecule has 0 N–H and O–H groups in total. The van der Waals surface area contributed by atoms with Gasteiger partial charge in [-0.25, -0.2) is 18.5 Å². The lowest BCUT2D eigenvalue weighted by molar-refractivity contribution is -0.0292. The first-order valence-electron chi connectivity index (χ1n) is 13.2. The lowest BCUT2D eigenvalue weighted by Crippen LogP contribution is -2.47. The van der Waals surface area contributed by atoms with Gasteiger partial charge in [0, 0.05) is 49.7 Å². The molecule has 2 bridgehead atoms. The van der Waals surface area contributed by atoms with Crippen LogP contribution >= 0.6 is 0 Å². The van der Waals surface area contributed by atoms with Gasteiger partial charge in [-0.1, -0.05) is 12.1 Å². The van der Waals surface area contributed by atoms with Crippen LogP contribution in [0.2, 0.25) is 0 Å². The summed E-state index contributed by atoms with van der Waals surface area (Å²) in [4.78, 5) is 35.5. The highest BCUT2D eigenvalue weighted by Gasteiger charge is 2.40. The Bertz CT molecular complexity index is 1340. The van der Waals surface area contributed by atoms with Crippen molar-refractivity contribution in [3.63, 3.8) is 0 Å². The summed E-state index contributed by atoms with van der Waals surface area (Å²) in [5.41, 5.74) is 1.59. The molecule has 4 heterocycles. The number of rotatable bonds is 9. The van der Waals surface area contributed by atoms with Crippen LogP contribution in [0.1, 0.15) is 50.4 Å². The van der Waals surface area contributed by atoms with Crippen molar-refractivity contribution in [1.29, 1.82) is 0 Å². The van der Waals surface area contributed by atoms with Crippen molar-refractivity contribution in [1.82, 2.24) is 24.0 Å². The second kappa shape index (κ2) is 11.1. The van der Waals surface area contributed by atoms with Crippen molar-refractivity contribution in [3.05, 3.63) is 80.9 Å². The van der Waals surface area contributed by atoms with Gasteiger partial charge in [0.25, 0.3) is 0 Å². The maximum Gasteiger partial charge on any atom is 0.353 e. The normalized spacial score (nSPS) is 21.4. The van der Waals surface area contributed by atoms with Crippen LogP contribution in [-0.4, -0.2) is 48.7 Å². The molecule has 2 aliphatic heterocycles. The van der Waals surface area contributed by atoms with Crippen LogP contribution < -0.4 is 11.4 Å². The Morgan fingerprint density at radius 2 is 1.76 bits per heavy atom. The van der Waals surface area contributed by atoms with Crippen LogP contribution in [0.25, 0.3) is 11.1 Å². The third-order valence-electron chi connectivity index (χ3n) is 7.87. The average molecular weight is 508 g/mol. The molecule has 1 aromatic carbocycles. The van der Waals surface area contributed by atoms with E-state index in [2.05, 4.69) is 14.9 Å². The number of piperidine rings is 1. The second-order valence-electron chi connectivity index (χ2n) is 10.0. The quantitative estimate of drug-likeness (QED) is 0.441. The number of ether oxygens (including phenoxy) is 1. The SMILES string of the molecule is CCn1c(C)nc(=O)n(CCCN2C3CCC2CC(OCc2c(F)cccc2-c2ccncc2)C3)c1=O. The Morgan fingerprint density at radius 1 is 1.03 bits per heavy atom. The Labute approximate surface area is 215 Å². The fourth-order valence-electron chi connectivity index (χ4n) is 6.03. The first-order chi connectivity index (χ1) is 18.0. The van der Waals surface area contributed by atoms with Gasteiger partial charge < -0.3 is 4.74 Å². The highest BCUT2D eigenvalue weighted by Crippen LogP contribution is 2.37. The molecule has 2 saturated heterocycles. The molecule has 0 spiro atoms. The topological polar surface area (TPSA) is 82.2 Å². The van der Waals surface area contributed by atoms with Gasteiger partial charge in [0.1, 0.15) is 11.6 Å². The molecule has 37 heavy (non-hydrogen) atoms. The average Bonchev–Trinajstić information content (AvgIpc) is 3.12. The van der Waals surface area contributed by atoms with Crippen molar-refractivity contribution >= 4 is 0 Å². The number of halogens is 1. The number of hydrogen-bond acceptors (Lipinski definition) is 6.